The zero-order valence-electron chi connectivity index (χ0n) is 24.2. The molecule has 10 heteroatoms. The number of piperazine rings is 1. The summed E-state index contributed by atoms with van der Waals surface area (Å²) < 4.78 is 31.0. The fourth-order valence-corrected chi connectivity index (χ4v) is 5.85. The van der Waals surface area contributed by atoms with Crippen LogP contribution in [-0.4, -0.2) is 86.7 Å². The number of anilines is 2. The van der Waals surface area contributed by atoms with Crippen molar-refractivity contribution in [3.8, 4) is 17.2 Å². The van der Waals surface area contributed by atoms with Crippen LogP contribution >= 0.6 is 0 Å². The van der Waals surface area contributed by atoms with Gasteiger partial charge in [0, 0.05) is 62.9 Å². The molecule has 3 aliphatic heterocycles. The molecule has 1 saturated heterocycles. The van der Waals surface area contributed by atoms with E-state index in [2.05, 4.69) is 38.3 Å². The maximum atomic E-state index is 13.2. The third-order valence-electron chi connectivity index (χ3n) is 8.00. The van der Waals surface area contributed by atoms with E-state index in [9.17, 15) is 4.39 Å². The van der Waals surface area contributed by atoms with Crippen molar-refractivity contribution in [2.24, 2.45) is 11.1 Å². The zero-order chi connectivity index (χ0) is 29.1. The molecule has 0 amide bonds. The molecule has 9 nitrogen and oxygen atoms in total. The van der Waals surface area contributed by atoms with Crippen molar-refractivity contribution >= 4 is 23.2 Å². The first-order valence-electron chi connectivity index (χ1n) is 14.2. The van der Waals surface area contributed by atoms with Crippen LogP contribution in [0.15, 0.2) is 65.6 Å². The van der Waals surface area contributed by atoms with E-state index in [1.807, 2.05) is 30.3 Å². The van der Waals surface area contributed by atoms with Crippen molar-refractivity contribution in [2.75, 3.05) is 65.4 Å². The largest absolute Gasteiger partial charge is 0.493 e. The van der Waals surface area contributed by atoms with Gasteiger partial charge >= 0.3 is 0 Å². The van der Waals surface area contributed by atoms with E-state index in [1.54, 1.807) is 26.6 Å². The average Bonchev–Trinajstić information content (AvgIpc) is 3.42. The Balaban J connectivity index is 1.10. The molecule has 3 aliphatic rings. The lowest BCUT2D eigenvalue weighted by atomic mass is 9.89. The number of nitrogens with one attached hydrogen (secondary N) is 1. The standard InChI is InChI=1S/C32H36FN5O4/c1-21(16-22-4-6-23(33)7-5-22)18-37-12-14-38(15-13-37)19-28-26-20-41-31-25(29(26)36-42-28)17-27(39-2)32(40-3)30(31)35-24-8-10-34-11-9-24/h4-11,16-17,26,28H,12-15,18-20H2,1-3H3,(H,34,35). The second-order valence-electron chi connectivity index (χ2n) is 10.9. The summed E-state index contributed by atoms with van der Waals surface area (Å²) in [6, 6.07) is 12.3. The lowest BCUT2D eigenvalue weighted by molar-refractivity contribution is 0.0101. The topological polar surface area (TPSA) is 80.7 Å². The number of fused-ring (bicyclic) bond motifs is 3. The number of aromatic nitrogens is 1. The molecule has 0 aliphatic carbocycles. The number of nitrogens with zero attached hydrogens (tertiary/aromatic N) is 4. The van der Waals surface area contributed by atoms with Crippen molar-refractivity contribution < 1.29 is 23.4 Å². The van der Waals surface area contributed by atoms with Gasteiger partial charge in [0.1, 0.15) is 23.8 Å². The Kier molecular flexibility index (Phi) is 8.25. The Hall–Kier alpha value is -4.15. The van der Waals surface area contributed by atoms with E-state index in [4.69, 9.17) is 19.0 Å². The number of benzene rings is 2. The van der Waals surface area contributed by atoms with E-state index in [-0.39, 0.29) is 17.8 Å². The molecule has 0 saturated carbocycles. The molecule has 1 N–H and O–H groups in total. The summed E-state index contributed by atoms with van der Waals surface area (Å²) in [5.41, 5.74) is 5.54. The van der Waals surface area contributed by atoms with Crippen LogP contribution in [0.5, 0.6) is 17.2 Å². The molecule has 2 unspecified atom stereocenters. The molecular formula is C32H36FN5O4. The summed E-state index contributed by atoms with van der Waals surface area (Å²) in [4.78, 5) is 15.0. The second-order valence-corrected chi connectivity index (χ2v) is 10.9. The van der Waals surface area contributed by atoms with E-state index in [0.717, 1.165) is 61.8 Å². The normalized spacial score (nSPS) is 20.6. The maximum Gasteiger partial charge on any atom is 0.188 e. The van der Waals surface area contributed by atoms with Crippen molar-refractivity contribution in [3.05, 3.63) is 77.4 Å². The Morgan fingerprint density at radius 3 is 2.50 bits per heavy atom. The van der Waals surface area contributed by atoms with Crippen LogP contribution in [0.2, 0.25) is 0 Å². The summed E-state index contributed by atoms with van der Waals surface area (Å²) in [5, 5.41) is 7.98. The van der Waals surface area contributed by atoms with Crippen LogP contribution in [-0.2, 0) is 4.84 Å². The van der Waals surface area contributed by atoms with E-state index in [0.29, 0.717) is 29.5 Å². The molecule has 220 valence electrons. The molecule has 0 radical (unpaired) electrons. The number of rotatable bonds is 9. The Morgan fingerprint density at radius 2 is 1.79 bits per heavy atom. The smallest absolute Gasteiger partial charge is 0.188 e. The molecular weight excluding hydrogens is 537 g/mol. The fourth-order valence-electron chi connectivity index (χ4n) is 5.85. The van der Waals surface area contributed by atoms with Gasteiger partial charge in [-0.25, -0.2) is 4.39 Å². The molecule has 0 bridgehead atoms. The summed E-state index contributed by atoms with van der Waals surface area (Å²) in [7, 11) is 3.24. The fraction of sp³-hybridized carbons (Fsp3) is 0.375. The predicted octanol–water partition coefficient (Wildman–Crippen LogP) is 4.81. The Labute approximate surface area is 245 Å². The zero-order valence-corrected chi connectivity index (χ0v) is 24.2. The monoisotopic (exact) mass is 573 g/mol. The van der Waals surface area contributed by atoms with Crippen LogP contribution in [0, 0.1) is 11.7 Å². The van der Waals surface area contributed by atoms with Crippen LogP contribution in [0.25, 0.3) is 6.08 Å². The minimum atomic E-state index is -0.212. The van der Waals surface area contributed by atoms with E-state index < -0.39 is 0 Å². The first kappa shape index (κ1) is 28.0. The lowest BCUT2D eigenvalue weighted by Crippen LogP contribution is -2.50. The number of hydrogen-bond acceptors (Lipinski definition) is 9. The number of methoxy groups -OCH3 is 2. The number of oxime groups is 1. The maximum absolute atomic E-state index is 13.2. The Bertz CT molecular complexity index is 1460. The number of ether oxygens (including phenoxy) is 3. The summed E-state index contributed by atoms with van der Waals surface area (Å²) in [6.45, 7) is 8.12. The van der Waals surface area contributed by atoms with Crippen molar-refractivity contribution in [1.29, 1.82) is 0 Å². The van der Waals surface area contributed by atoms with Gasteiger partial charge in [0.05, 0.1) is 20.1 Å². The highest BCUT2D eigenvalue weighted by atomic mass is 19.1. The predicted molar refractivity (Wildman–Crippen MR) is 160 cm³/mol. The third kappa shape index (κ3) is 5.91. The molecule has 2 atom stereocenters. The number of hydrogen-bond donors (Lipinski definition) is 1. The minimum Gasteiger partial charge on any atom is -0.493 e. The summed E-state index contributed by atoms with van der Waals surface area (Å²) in [6.07, 6.45) is 5.48. The van der Waals surface area contributed by atoms with Crippen LogP contribution < -0.4 is 19.5 Å². The lowest BCUT2D eigenvalue weighted by Gasteiger charge is -2.36. The van der Waals surface area contributed by atoms with Crippen molar-refractivity contribution in [2.45, 2.75) is 13.0 Å². The molecule has 0 spiro atoms. The van der Waals surface area contributed by atoms with Gasteiger partial charge in [0.15, 0.2) is 23.4 Å². The molecule has 4 heterocycles. The van der Waals surface area contributed by atoms with Crippen LogP contribution in [0.4, 0.5) is 15.8 Å². The molecule has 42 heavy (non-hydrogen) atoms. The van der Waals surface area contributed by atoms with Gasteiger partial charge in [-0.05, 0) is 42.8 Å². The van der Waals surface area contributed by atoms with Gasteiger partial charge in [-0.3, -0.25) is 14.8 Å². The highest BCUT2D eigenvalue weighted by Gasteiger charge is 2.42. The van der Waals surface area contributed by atoms with Gasteiger partial charge in [0.25, 0.3) is 0 Å². The van der Waals surface area contributed by atoms with Gasteiger partial charge in [-0.15, -0.1) is 0 Å². The first-order valence-corrected chi connectivity index (χ1v) is 14.2. The number of halogens is 1. The van der Waals surface area contributed by atoms with Gasteiger partial charge < -0.3 is 24.4 Å². The quantitative estimate of drug-likeness (QED) is 0.391. The molecule has 2 aromatic carbocycles. The van der Waals surface area contributed by atoms with Crippen LogP contribution in [0.1, 0.15) is 18.1 Å². The van der Waals surface area contributed by atoms with Crippen molar-refractivity contribution in [3.63, 3.8) is 0 Å². The van der Waals surface area contributed by atoms with Gasteiger partial charge in [-0.1, -0.05) is 28.9 Å². The molecule has 3 aromatic rings. The Morgan fingerprint density at radius 1 is 1.05 bits per heavy atom. The van der Waals surface area contributed by atoms with Gasteiger partial charge in [0.2, 0.25) is 0 Å². The summed E-state index contributed by atoms with van der Waals surface area (Å²) >= 11 is 0. The molecule has 1 fully saturated rings. The highest BCUT2D eigenvalue weighted by molar-refractivity contribution is 6.09. The average molecular weight is 574 g/mol. The first-order chi connectivity index (χ1) is 20.5. The second kappa shape index (κ2) is 12.4. The van der Waals surface area contributed by atoms with E-state index in [1.165, 1.54) is 17.7 Å². The van der Waals surface area contributed by atoms with Crippen molar-refractivity contribution in [1.82, 2.24) is 14.8 Å². The minimum absolute atomic E-state index is 0.0169. The highest BCUT2D eigenvalue weighted by Crippen LogP contribution is 2.49. The molecule has 6 rings (SSSR count). The van der Waals surface area contributed by atoms with Gasteiger partial charge in [-0.2, -0.15) is 0 Å². The number of pyridine rings is 1. The summed E-state index contributed by atoms with van der Waals surface area (Å²) in [5.74, 6) is 1.62. The SMILES string of the molecule is COc1cc2c(c(Nc3ccncc3)c1OC)OCC1C2=NOC1CN1CCN(CC(C)=Cc2ccc(F)cc2)CC1. The van der Waals surface area contributed by atoms with Crippen LogP contribution in [0.3, 0.4) is 0 Å². The third-order valence-corrected chi connectivity index (χ3v) is 8.00. The van der Waals surface area contributed by atoms with E-state index >= 15 is 0 Å². The molecule has 1 aromatic heterocycles.